The summed E-state index contributed by atoms with van der Waals surface area (Å²) in [4.78, 5) is 0. The Hall–Kier alpha value is -1.12. The van der Waals surface area contributed by atoms with Crippen LogP contribution in [0, 0.1) is 13.8 Å². The molecule has 19 heavy (non-hydrogen) atoms. The Morgan fingerprint density at radius 1 is 1.05 bits per heavy atom. The van der Waals surface area contributed by atoms with Gasteiger partial charge in [0.2, 0.25) is 0 Å². The first-order valence-corrected chi connectivity index (χ1v) is 7.40. The Balaban J connectivity index is 2.04. The first kappa shape index (κ1) is 14.3. The molecule has 2 aromatic carbocycles. The molecule has 0 heterocycles. The van der Waals surface area contributed by atoms with Crippen molar-refractivity contribution in [1.29, 1.82) is 0 Å². The summed E-state index contributed by atoms with van der Waals surface area (Å²) >= 11 is 3.61. The quantitative estimate of drug-likeness (QED) is 0.844. The molecule has 0 radical (unpaired) electrons. The highest BCUT2D eigenvalue weighted by Gasteiger charge is 2.08. The molecule has 2 heteroatoms. The van der Waals surface area contributed by atoms with Crippen LogP contribution in [0.5, 0.6) is 0 Å². The van der Waals surface area contributed by atoms with Gasteiger partial charge in [0.1, 0.15) is 0 Å². The molecule has 100 valence electrons. The average Bonchev–Trinajstić information content (AvgIpc) is 2.35. The van der Waals surface area contributed by atoms with E-state index in [0.717, 1.165) is 11.0 Å². The monoisotopic (exact) mass is 317 g/mol. The molecule has 2 aromatic rings. The molecule has 0 bridgehead atoms. The second-order valence-corrected chi connectivity index (χ2v) is 5.97. The number of hydrogen-bond acceptors (Lipinski definition) is 1. The minimum atomic E-state index is 0.330. The summed E-state index contributed by atoms with van der Waals surface area (Å²) in [5, 5.41) is 3.58. The van der Waals surface area contributed by atoms with Crippen molar-refractivity contribution in [1.82, 2.24) is 5.32 Å². The minimum Gasteiger partial charge on any atom is -0.306 e. The van der Waals surface area contributed by atoms with Gasteiger partial charge in [-0.15, -0.1) is 0 Å². The van der Waals surface area contributed by atoms with Crippen molar-refractivity contribution in [2.24, 2.45) is 0 Å². The van der Waals surface area contributed by atoms with Gasteiger partial charge in [0.25, 0.3) is 0 Å². The van der Waals surface area contributed by atoms with Gasteiger partial charge in [0, 0.05) is 17.1 Å². The molecule has 0 aromatic heterocycles. The van der Waals surface area contributed by atoms with E-state index in [1.54, 1.807) is 0 Å². The normalized spacial score (nSPS) is 12.4. The molecule has 0 fully saturated rings. The second kappa shape index (κ2) is 6.36. The Morgan fingerprint density at radius 3 is 2.32 bits per heavy atom. The summed E-state index contributed by atoms with van der Waals surface area (Å²) in [6.07, 6.45) is 0. The number of hydrogen-bond donors (Lipinski definition) is 1. The molecule has 0 amide bonds. The van der Waals surface area contributed by atoms with Gasteiger partial charge in [-0.05, 0) is 38.0 Å². The minimum absolute atomic E-state index is 0.330. The summed E-state index contributed by atoms with van der Waals surface area (Å²) in [6.45, 7) is 7.38. The molecule has 0 aliphatic rings. The van der Waals surface area contributed by atoms with E-state index in [2.05, 4.69) is 78.4 Å². The standard InChI is InChI=1S/C17H20BrN/c1-12-8-13(2)10-15(9-12)11-19-14(3)16-6-4-5-7-17(16)18/h4-10,14,19H,11H2,1-3H3/t14-/m1/s1. The van der Waals surface area contributed by atoms with Crippen molar-refractivity contribution in [3.63, 3.8) is 0 Å². The maximum Gasteiger partial charge on any atom is 0.0306 e. The maximum atomic E-state index is 3.61. The third kappa shape index (κ3) is 3.92. The van der Waals surface area contributed by atoms with Crippen LogP contribution >= 0.6 is 15.9 Å². The van der Waals surface area contributed by atoms with Crippen LogP contribution in [0.15, 0.2) is 46.9 Å². The highest BCUT2D eigenvalue weighted by atomic mass is 79.9. The molecule has 0 spiro atoms. The zero-order valence-corrected chi connectivity index (χ0v) is 13.3. The predicted octanol–water partition coefficient (Wildman–Crippen LogP) is 4.92. The van der Waals surface area contributed by atoms with Gasteiger partial charge in [0.05, 0.1) is 0 Å². The fourth-order valence-corrected chi connectivity index (χ4v) is 3.01. The Morgan fingerprint density at radius 2 is 1.68 bits per heavy atom. The molecule has 0 unspecified atom stereocenters. The SMILES string of the molecule is Cc1cc(C)cc(CN[C@H](C)c2ccccc2Br)c1. The van der Waals surface area contributed by atoms with E-state index in [9.17, 15) is 0 Å². The van der Waals surface area contributed by atoms with E-state index < -0.39 is 0 Å². The number of benzene rings is 2. The van der Waals surface area contributed by atoms with Crippen molar-refractivity contribution in [3.8, 4) is 0 Å². The van der Waals surface area contributed by atoms with Crippen LogP contribution in [0.4, 0.5) is 0 Å². The predicted molar refractivity (Wildman–Crippen MR) is 85.3 cm³/mol. The first-order valence-electron chi connectivity index (χ1n) is 6.61. The van der Waals surface area contributed by atoms with Crippen LogP contribution in [0.2, 0.25) is 0 Å². The van der Waals surface area contributed by atoms with Crippen LogP contribution in [0.25, 0.3) is 0 Å². The van der Waals surface area contributed by atoms with Crippen molar-refractivity contribution in [3.05, 3.63) is 69.2 Å². The molecule has 0 saturated heterocycles. The molecule has 0 saturated carbocycles. The van der Waals surface area contributed by atoms with Gasteiger partial charge in [-0.3, -0.25) is 0 Å². The van der Waals surface area contributed by atoms with Crippen LogP contribution in [-0.4, -0.2) is 0 Å². The van der Waals surface area contributed by atoms with Crippen LogP contribution < -0.4 is 5.32 Å². The van der Waals surface area contributed by atoms with Gasteiger partial charge in [0.15, 0.2) is 0 Å². The number of halogens is 1. The van der Waals surface area contributed by atoms with Crippen LogP contribution in [0.3, 0.4) is 0 Å². The summed E-state index contributed by atoms with van der Waals surface area (Å²) in [6, 6.07) is 15.4. The molecule has 0 aliphatic carbocycles. The van der Waals surface area contributed by atoms with Gasteiger partial charge in [-0.1, -0.05) is 63.5 Å². The van der Waals surface area contributed by atoms with E-state index in [4.69, 9.17) is 0 Å². The molecule has 0 aliphatic heterocycles. The zero-order valence-electron chi connectivity index (χ0n) is 11.7. The third-order valence-electron chi connectivity index (χ3n) is 3.27. The van der Waals surface area contributed by atoms with E-state index in [1.165, 1.54) is 22.3 Å². The van der Waals surface area contributed by atoms with Gasteiger partial charge in [-0.2, -0.15) is 0 Å². The average molecular weight is 318 g/mol. The van der Waals surface area contributed by atoms with E-state index >= 15 is 0 Å². The zero-order chi connectivity index (χ0) is 13.8. The lowest BCUT2D eigenvalue weighted by Crippen LogP contribution is -2.18. The highest BCUT2D eigenvalue weighted by Crippen LogP contribution is 2.23. The molecular formula is C17H20BrN. The highest BCUT2D eigenvalue weighted by molar-refractivity contribution is 9.10. The number of nitrogens with one attached hydrogen (secondary N) is 1. The molecule has 1 N–H and O–H groups in total. The van der Waals surface area contributed by atoms with Crippen molar-refractivity contribution in [2.45, 2.75) is 33.4 Å². The van der Waals surface area contributed by atoms with Crippen molar-refractivity contribution < 1.29 is 0 Å². The Kier molecular flexibility index (Phi) is 4.78. The summed E-state index contributed by atoms with van der Waals surface area (Å²) in [5.74, 6) is 0. The second-order valence-electron chi connectivity index (χ2n) is 5.12. The fraction of sp³-hybridized carbons (Fsp3) is 0.294. The summed E-state index contributed by atoms with van der Waals surface area (Å²) in [7, 11) is 0. The summed E-state index contributed by atoms with van der Waals surface area (Å²) in [5.41, 5.74) is 5.29. The number of aryl methyl sites for hydroxylation is 2. The first-order chi connectivity index (χ1) is 9.06. The molecular weight excluding hydrogens is 298 g/mol. The lowest BCUT2D eigenvalue weighted by Gasteiger charge is -2.16. The van der Waals surface area contributed by atoms with Crippen LogP contribution in [-0.2, 0) is 6.54 Å². The largest absolute Gasteiger partial charge is 0.306 e. The summed E-state index contributed by atoms with van der Waals surface area (Å²) < 4.78 is 1.16. The lowest BCUT2D eigenvalue weighted by molar-refractivity contribution is 0.572. The Labute approximate surface area is 124 Å². The van der Waals surface area contributed by atoms with Crippen LogP contribution in [0.1, 0.15) is 35.2 Å². The molecule has 2 rings (SSSR count). The number of rotatable bonds is 4. The topological polar surface area (TPSA) is 12.0 Å². The maximum absolute atomic E-state index is 3.61. The smallest absolute Gasteiger partial charge is 0.0306 e. The lowest BCUT2D eigenvalue weighted by atomic mass is 10.1. The van der Waals surface area contributed by atoms with Gasteiger partial charge in [-0.25, -0.2) is 0 Å². The van der Waals surface area contributed by atoms with Crippen molar-refractivity contribution >= 4 is 15.9 Å². The van der Waals surface area contributed by atoms with Crippen molar-refractivity contribution in [2.75, 3.05) is 0 Å². The van der Waals surface area contributed by atoms with E-state index in [1.807, 2.05) is 6.07 Å². The van der Waals surface area contributed by atoms with E-state index in [0.29, 0.717) is 6.04 Å². The molecule has 1 atom stereocenters. The van der Waals surface area contributed by atoms with Gasteiger partial charge < -0.3 is 5.32 Å². The third-order valence-corrected chi connectivity index (χ3v) is 3.99. The Bertz CT molecular complexity index is 543. The van der Waals surface area contributed by atoms with E-state index in [-0.39, 0.29) is 0 Å². The molecule has 1 nitrogen and oxygen atoms in total. The van der Waals surface area contributed by atoms with Gasteiger partial charge >= 0.3 is 0 Å². The fourth-order valence-electron chi connectivity index (χ4n) is 2.38.